The fourth-order valence-electron chi connectivity index (χ4n) is 3.41. The number of anilines is 1. The Morgan fingerprint density at radius 1 is 1.18 bits per heavy atom. The van der Waals surface area contributed by atoms with Gasteiger partial charge in [0.2, 0.25) is 10.0 Å². The summed E-state index contributed by atoms with van der Waals surface area (Å²) in [5.74, 6) is 0.739. The molecule has 2 heterocycles. The third-order valence-electron chi connectivity index (χ3n) is 5.14. The van der Waals surface area contributed by atoms with Crippen LogP contribution in [-0.2, 0) is 16.6 Å². The van der Waals surface area contributed by atoms with Gasteiger partial charge in [0.15, 0.2) is 11.5 Å². The molecule has 2 aromatic heterocycles. The van der Waals surface area contributed by atoms with E-state index in [9.17, 15) is 13.5 Å². The summed E-state index contributed by atoms with van der Waals surface area (Å²) in [5, 5.41) is 18.1. The number of benzene rings is 2. The van der Waals surface area contributed by atoms with Gasteiger partial charge in [0.1, 0.15) is 5.75 Å². The van der Waals surface area contributed by atoms with Crippen LogP contribution in [0.25, 0.3) is 22.5 Å². The van der Waals surface area contributed by atoms with E-state index in [1.54, 1.807) is 48.7 Å². The molecule has 0 unspecified atom stereocenters. The number of phenols is 1. The number of hydrogen-bond donors (Lipinski definition) is 3. The molecule has 0 aliphatic heterocycles. The minimum atomic E-state index is -3.74. The lowest BCUT2D eigenvalue weighted by molar-refractivity contribution is 0.475. The number of aromatic nitrogens is 3. The van der Waals surface area contributed by atoms with Crippen LogP contribution in [0.1, 0.15) is 18.2 Å². The number of rotatable bonds is 7. The van der Waals surface area contributed by atoms with Crippen LogP contribution >= 0.6 is 0 Å². The summed E-state index contributed by atoms with van der Waals surface area (Å²) in [5.41, 5.74) is 4.91. The van der Waals surface area contributed by atoms with Crippen LogP contribution < -0.4 is 10.5 Å². The van der Waals surface area contributed by atoms with E-state index < -0.39 is 10.0 Å². The molecule has 0 aliphatic rings. The number of fused-ring (bicyclic) bond motifs is 1. The number of sulfonamides is 1. The van der Waals surface area contributed by atoms with E-state index in [1.807, 2.05) is 23.6 Å². The molecule has 2 aromatic carbocycles. The van der Waals surface area contributed by atoms with Crippen LogP contribution in [0.2, 0.25) is 0 Å². The quantitative estimate of drug-likeness (QED) is 0.358. The second kappa shape index (κ2) is 8.89. The molecule has 4 N–H and O–H groups in total. The molecule has 168 valence electrons. The van der Waals surface area contributed by atoms with Gasteiger partial charge in [-0.3, -0.25) is 4.40 Å². The number of aromatic hydroxyl groups is 1. The highest BCUT2D eigenvalue weighted by molar-refractivity contribution is 7.89. The Hall–Kier alpha value is -3.95. The van der Waals surface area contributed by atoms with Crippen molar-refractivity contribution in [1.29, 1.82) is 0 Å². The summed E-state index contributed by atoms with van der Waals surface area (Å²) in [6, 6.07) is 13.1. The van der Waals surface area contributed by atoms with Gasteiger partial charge in [0, 0.05) is 18.3 Å². The molecule has 4 rings (SSSR count). The zero-order chi connectivity index (χ0) is 23.6. The molecule has 0 amide bonds. The molecule has 0 radical (unpaired) electrons. The molecule has 0 fully saturated rings. The van der Waals surface area contributed by atoms with Crippen molar-refractivity contribution in [3.8, 4) is 17.0 Å². The second-order valence-electron chi connectivity index (χ2n) is 7.49. The molecular weight excluding hydrogens is 438 g/mol. The summed E-state index contributed by atoms with van der Waals surface area (Å²) < 4.78 is 24.9. The van der Waals surface area contributed by atoms with E-state index in [-0.39, 0.29) is 10.6 Å². The SMILES string of the molecule is C=C/C=C(\C)c1cnc2c(NCc3ccc(S(N)(=O)=O)cc3)nc(-c3ccc(O)cc3)cn12. The third kappa shape index (κ3) is 4.79. The summed E-state index contributed by atoms with van der Waals surface area (Å²) in [4.78, 5) is 9.38. The first kappa shape index (κ1) is 22.3. The molecule has 9 heteroatoms. The maximum Gasteiger partial charge on any atom is 0.238 e. The van der Waals surface area contributed by atoms with Crippen molar-refractivity contribution in [2.75, 3.05) is 5.32 Å². The maximum absolute atomic E-state index is 11.5. The lowest BCUT2D eigenvalue weighted by atomic mass is 10.1. The smallest absolute Gasteiger partial charge is 0.238 e. The van der Waals surface area contributed by atoms with Crippen LogP contribution in [0.3, 0.4) is 0 Å². The van der Waals surface area contributed by atoms with Crippen molar-refractivity contribution < 1.29 is 13.5 Å². The predicted octanol–water partition coefficient (Wildman–Crippen LogP) is 3.95. The van der Waals surface area contributed by atoms with Gasteiger partial charge in [-0.05, 0) is 54.5 Å². The van der Waals surface area contributed by atoms with Gasteiger partial charge in [0.25, 0.3) is 0 Å². The van der Waals surface area contributed by atoms with Crippen molar-refractivity contribution in [3.05, 3.63) is 90.9 Å². The molecule has 0 saturated heterocycles. The molecule has 8 nitrogen and oxygen atoms in total. The third-order valence-corrected chi connectivity index (χ3v) is 6.07. The van der Waals surface area contributed by atoms with Crippen molar-refractivity contribution in [1.82, 2.24) is 14.4 Å². The lowest BCUT2D eigenvalue weighted by Crippen LogP contribution is -2.12. The fourth-order valence-corrected chi connectivity index (χ4v) is 3.93. The van der Waals surface area contributed by atoms with Crippen LogP contribution in [-0.4, -0.2) is 27.9 Å². The number of primary sulfonamides is 1. The van der Waals surface area contributed by atoms with Gasteiger partial charge in [-0.15, -0.1) is 0 Å². The number of allylic oxidation sites excluding steroid dienone is 3. The van der Waals surface area contributed by atoms with Gasteiger partial charge >= 0.3 is 0 Å². The Morgan fingerprint density at radius 3 is 2.52 bits per heavy atom. The minimum Gasteiger partial charge on any atom is -0.508 e. The molecule has 0 atom stereocenters. The topological polar surface area (TPSA) is 123 Å². The average Bonchev–Trinajstić information content (AvgIpc) is 3.22. The summed E-state index contributed by atoms with van der Waals surface area (Å²) in [6.07, 6.45) is 7.31. The Morgan fingerprint density at radius 2 is 1.88 bits per heavy atom. The van der Waals surface area contributed by atoms with Crippen molar-refractivity contribution >= 4 is 27.1 Å². The molecular formula is C24H23N5O3S. The monoisotopic (exact) mass is 461 g/mol. The Kier molecular flexibility index (Phi) is 5.99. The van der Waals surface area contributed by atoms with Crippen LogP contribution in [0, 0.1) is 0 Å². The molecule has 0 spiro atoms. The Balaban J connectivity index is 1.75. The lowest BCUT2D eigenvalue weighted by Gasteiger charge is -2.12. The molecule has 0 aliphatic carbocycles. The van der Waals surface area contributed by atoms with Gasteiger partial charge in [-0.1, -0.05) is 30.9 Å². The van der Waals surface area contributed by atoms with Gasteiger partial charge < -0.3 is 10.4 Å². The normalized spacial score (nSPS) is 12.1. The first-order valence-electron chi connectivity index (χ1n) is 10.1. The highest BCUT2D eigenvalue weighted by atomic mass is 32.2. The molecule has 0 saturated carbocycles. The average molecular weight is 462 g/mol. The second-order valence-corrected chi connectivity index (χ2v) is 9.05. The molecule has 0 bridgehead atoms. The summed E-state index contributed by atoms with van der Waals surface area (Å²) in [7, 11) is -3.74. The van der Waals surface area contributed by atoms with E-state index in [2.05, 4.69) is 16.9 Å². The zero-order valence-corrected chi connectivity index (χ0v) is 18.7. The Labute approximate surface area is 191 Å². The van der Waals surface area contributed by atoms with E-state index in [4.69, 9.17) is 10.1 Å². The van der Waals surface area contributed by atoms with E-state index in [0.717, 1.165) is 22.4 Å². The van der Waals surface area contributed by atoms with E-state index in [1.165, 1.54) is 12.1 Å². The first-order chi connectivity index (χ1) is 15.8. The molecule has 4 aromatic rings. The molecule has 33 heavy (non-hydrogen) atoms. The number of phenolic OH excluding ortho intramolecular Hbond substituents is 1. The van der Waals surface area contributed by atoms with Crippen molar-refractivity contribution in [2.45, 2.75) is 18.4 Å². The van der Waals surface area contributed by atoms with Gasteiger partial charge in [-0.25, -0.2) is 23.5 Å². The van der Waals surface area contributed by atoms with Crippen LogP contribution in [0.5, 0.6) is 5.75 Å². The number of nitrogens with one attached hydrogen (secondary N) is 1. The van der Waals surface area contributed by atoms with E-state index >= 15 is 0 Å². The highest BCUT2D eigenvalue weighted by Crippen LogP contribution is 2.27. The highest BCUT2D eigenvalue weighted by Gasteiger charge is 2.14. The summed E-state index contributed by atoms with van der Waals surface area (Å²) >= 11 is 0. The standard InChI is InChI=1S/C24H23N5O3S/c1-3-4-16(2)22-14-27-24-23(26-13-17-5-11-20(12-6-17)33(25,31)32)28-21(15-29(22)24)18-7-9-19(30)10-8-18/h3-12,14-15,30H,1,13H2,2H3,(H,26,28)(H2,25,31,32)/b16-4+. The number of nitrogens with two attached hydrogens (primary N) is 1. The van der Waals surface area contributed by atoms with Crippen molar-refractivity contribution in [3.63, 3.8) is 0 Å². The minimum absolute atomic E-state index is 0.0588. The number of imidazole rings is 1. The largest absolute Gasteiger partial charge is 0.508 e. The van der Waals surface area contributed by atoms with Gasteiger partial charge in [0.05, 0.1) is 22.5 Å². The van der Waals surface area contributed by atoms with E-state index in [0.29, 0.717) is 23.7 Å². The fraction of sp³-hybridized carbons (Fsp3) is 0.0833. The van der Waals surface area contributed by atoms with Gasteiger partial charge in [-0.2, -0.15) is 0 Å². The predicted molar refractivity (Wildman–Crippen MR) is 129 cm³/mol. The first-order valence-corrected chi connectivity index (χ1v) is 11.6. The Bertz CT molecular complexity index is 1450. The van der Waals surface area contributed by atoms with Crippen LogP contribution in [0.4, 0.5) is 5.82 Å². The van der Waals surface area contributed by atoms with Crippen LogP contribution in [0.15, 0.2) is 84.6 Å². The summed E-state index contributed by atoms with van der Waals surface area (Å²) in [6.45, 7) is 6.14. The zero-order valence-electron chi connectivity index (χ0n) is 17.9. The van der Waals surface area contributed by atoms with Crippen molar-refractivity contribution in [2.24, 2.45) is 5.14 Å². The maximum atomic E-state index is 11.5. The number of nitrogens with zero attached hydrogens (tertiary/aromatic N) is 3. The number of hydrogen-bond acceptors (Lipinski definition) is 6.